The molecule has 28 heavy (non-hydrogen) atoms. The van der Waals surface area contributed by atoms with Crippen molar-refractivity contribution in [2.75, 3.05) is 24.2 Å². The molecule has 0 saturated heterocycles. The lowest BCUT2D eigenvalue weighted by molar-refractivity contribution is 0.0526. The Morgan fingerprint density at radius 1 is 1.25 bits per heavy atom. The summed E-state index contributed by atoms with van der Waals surface area (Å²) in [5.74, 6) is 1.65. The topological polar surface area (TPSA) is 50.4 Å². The molecule has 2 N–H and O–H groups in total. The van der Waals surface area contributed by atoms with Crippen molar-refractivity contribution in [2.24, 2.45) is 0 Å². The summed E-state index contributed by atoms with van der Waals surface area (Å²) in [4.78, 5) is 11.8. The van der Waals surface area contributed by atoms with Gasteiger partial charge in [-0.2, -0.15) is 11.8 Å². The van der Waals surface area contributed by atoms with E-state index >= 15 is 0 Å². The van der Waals surface area contributed by atoms with Crippen LogP contribution in [0.3, 0.4) is 0 Å². The third kappa shape index (κ3) is 7.70. The molecule has 0 radical (unpaired) electrons. The average molecular weight is 437 g/mol. The first-order valence-corrected chi connectivity index (χ1v) is 11.1. The minimum Gasteiger partial charge on any atom is -0.462 e. The van der Waals surface area contributed by atoms with Crippen molar-refractivity contribution in [2.45, 2.75) is 26.0 Å². The molecule has 0 aliphatic rings. The molecule has 0 aliphatic carbocycles. The van der Waals surface area contributed by atoms with Gasteiger partial charge in [-0.3, -0.25) is 0 Å². The van der Waals surface area contributed by atoms with Crippen LogP contribution in [0, 0.1) is 6.92 Å². The van der Waals surface area contributed by atoms with Gasteiger partial charge in [0.1, 0.15) is 0 Å². The zero-order valence-corrected chi connectivity index (χ0v) is 18.5. The first kappa shape index (κ1) is 22.5. The smallest absolute Gasteiger partial charge is 0.339 e. The largest absolute Gasteiger partial charge is 0.462 e. The van der Waals surface area contributed by atoms with Crippen LogP contribution < -0.4 is 10.6 Å². The van der Waals surface area contributed by atoms with Gasteiger partial charge >= 0.3 is 5.97 Å². The molecule has 0 fully saturated rings. The summed E-state index contributed by atoms with van der Waals surface area (Å²) >= 11 is 13.4. The molecule has 0 aromatic heterocycles. The number of benzene rings is 2. The molecule has 2 aromatic rings. The van der Waals surface area contributed by atoms with E-state index in [2.05, 4.69) is 41.8 Å². The zero-order valence-electron chi connectivity index (χ0n) is 16.1. The second-order valence-electron chi connectivity index (χ2n) is 6.19. The highest BCUT2D eigenvalue weighted by molar-refractivity contribution is 7.98. The molecule has 0 unspecified atom stereocenters. The monoisotopic (exact) mass is 436 g/mol. The van der Waals surface area contributed by atoms with E-state index in [-0.39, 0.29) is 0 Å². The first-order chi connectivity index (χ1) is 13.5. The predicted molar refractivity (Wildman–Crippen MR) is 124 cm³/mol. The highest BCUT2D eigenvalue weighted by Crippen LogP contribution is 2.22. The van der Waals surface area contributed by atoms with Gasteiger partial charge in [0.2, 0.25) is 0 Å². The Labute approximate surface area is 181 Å². The van der Waals surface area contributed by atoms with Gasteiger partial charge in [-0.25, -0.2) is 4.79 Å². The number of nitrogens with one attached hydrogen (secondary N) is 2. The first-order valence-electron chi connectivity index (χ1n) is 9.14. The SMILES string of the molecule is CCOC(=O)c1ccc(NC(=S)NCCCSCc2cccc(C)c2)cc1Cl. The Morgan fingerprint density at radius 3 is 2.79 bits per heavy atom. The Bertz CT molecular complexity index is 815. The van der Waals surface area contributed by atoms with Crippen molar-refractivity contribution in [3.63, 3.8) is 0 Å². The van der Waals surface area contributed by atoms with Gasteiger partial charge in [0, 0.05) is 18.0 Å². The maximum Gasteiger partial charge on any atom is 0.339 e. The highest BCUT2D eigenvalue weighted by Gasteiger charge is 2.12. The van der Waals surface area contributed by atoms with Crippen molar-refractivity contribution < 1.29 is 9.53 Å². The van der Waals surface area contributed by atoms with Crippen LogP contribution in [0.5, 0.6) is 0 Å². The lowest BCUT2D eigenvalue weighted by Crippen LogP contribution is -2.29. The van der Waals surface area contributed by atoms with E-state index < -0.39 is 5.97 Å². The van der Waals surface area contributed by atoms with E-state index in [1.54, 1.807) is 25.1 Å². The van der Waals surface area contributed by atoms with Gasteiger partial charge in [-0.05, 0) is 62.0 Å². The zero-order chi connectivity index (χ0) is 20.4. The molecule has 0 heterocycles. The molecule has 0 spiro atoms. The van der Waals surface area contributed by atoms with Crippen molar-refractivity contribution in [1.29, 1.82) is 0 Å². The number of hydrogen-bond acceptors (Lipinski definition) is 4. The maximum atomic E-state index is 11.8. The Morgan fingerprint density at radius 2 is 2.07 bits per heavy atom. The number of aryl methyl sites for hydroxylation is 1. The number of thioether (sulfide) groups is 1. The third-order valence-electron chi connectivity index (χ3n) is 3.82. The van der Waals surface area contributed by atoms with Crippen LogP contribution in [0.1, 0.15) is 34.8 Å². The summed E-state index contributed by atoms with van der Waals surface area (Å²) in [5.41, 5.74) is 3.73. The molecule has 0 amide bonds. The van der Waals surface area contributed by atoms with Crippen LogP contribution in [0.15, 0.2) is 42.5 Å². The number of carbonyl (C=O) groups excluding carboxylic acids is 1. The summed E-state index contributed by atoms with van der Waals surface area (Å²) in [6, 6.07) is 13.7. The molecule has 2 aromatic carbocycles. The minimum atomic E-state index is -0.428. The fourth-order valence-corrected chi connectivity index (χ4v) is 3.90. The Hall–Kier alpha value is -1.76. The van der Waals surface area contributed by atoms with Gasteiger partial charge in [-0.1, -0.05) is 41.4 Å². The van der Waals surface area contributed by atoms with E-state index in [9.17, 15) is 4.79 Å². The van der Waals surface area contributed by atoms with E-state index in [0.717, 1.165) is 30.2 Å². The summed E-state index contributed by atoms with van der Waals surface area (Å²) in [6.07, 6.45) is 1.01. The second-order valence-corrected chi connectivity index (χ2v) is 8.11. The summed E-state index contributed by atoms with van der Waals surface area (Å²) in [5, 5.41) is 7.13. The summed E-state index contributed by atoms with van der Waals surface area (Å²) < 4.78 is 4.97. The Balaban J connectivity index is 1.67. The Kier molecular flexibility index (Phi) is 9.61. The number of halogens is 1. The normalized spacial score (nSPS) is 10.4. The lowest BCUT2D eigenvalue weighted by atomic mass is 10.2. The summed E-state index contributed by atoms with van der Waals surface area (Å²) in [6.45, 7) is 4.98. The van der Waals surface area contributed by atoms with Crippen LogP contribution in [-0.2, 0) is 10.5 Å². The highest BCUT2D eigenvalue weighted by atomic mass is 35.5. The fraction of sp³-hybridized carbons (Fsp3) is 0.333. The van der Waals surface area contributed by atoms with Gasteiger partial charge in [-0.15, -0.1) is 0 Å². The fourth-order valence-electron chi connectivity index (χ4n) is 2.51. The van der Waals surface area contributed by atoms with Gasteiger partial charge in [0.15, 0.2) is 5.11 Å². The predicted octanol–water partition coefficient (Wildman–Crippen LogP) is 5.44. The molecule has 0 saturated carbocycles. The molecular formula is C21H25ClN2O2S2. The molecular weight excluding hydrogens is 412 g/mol. The molecule has 4 nitrogen and oxygen atoms in total. The number of rotatable bonds is 9. The molecule has 7 heteroatoms. The number of carbonyl (C=O) groups is 1. The molecule has 0 aliphatic heterocycles. The number of ether oxygens (including phenoxy) is 1. The van der Waals surface area contributed by atoms with Gasteiger partial charge in [0.05, 0.1) is 17.2 Å². The molecule has 150 valence electrons. The number of esters is 1. The minimum absolute atomic E-state index is 0.312. The molecule has 0 atom stereocenters. The van der Waals surface area contributed by atoms with E-state index in [4.69, 9.17) is 28.6 Å². The quantitative estimate of drug-likeness (QED) is 0.310. The standard InChI is InChI=1S/C21H25ClN2O2S2/c1-3-26-20(25)18-9-8-17(13-19(18)22)24-21(27)23-10-5-11-28-14-16-7-4-6-15(2)12-16/h4,6-9,12-13H,3,5,10-11,14H2,1-2H3,(H2,23,24,27). The molecule has 2 rings (SSSR count). The van der Waals surface area contributed by atoms with Crippen LogP contribution >= 0.6 is 35.6 Å². The number of thiocarbonyl (C=S) groups is 1. The third-order valence-corrected chi connectivity index (χ3v) is 5.50. The van der Waals surface area contributed by atoms with E-state index in [1.165, 1.54) is 11.1 Å². The van der Waals surface area contributed by atoms with Crippen molar-refractivity contribution in [1.82, 2.24) is 5.32 Å². The second kappa shape index (κ2) is 11.9. The van der Waals surface area contributed by atoms with Crippen LogP contribution in [0.4, 0.5) is 5.69 Å². The number of anilines is 1. The lowest BCUT2D eigenvalue weighted by Gasteiger charge is -2.12. The van der Waals surface area contributed by atoms with Crippen molar-refractivity contribution in [3.8, 4) is 0 Å². The van der Waals surface area contributed by atoms with Gasteiger partial charge < -0.3 is 15.4 Å². The van der Waals surface area contributed by atoms with Crippen LogP contribution in [-0.4, -0.2) is 30.0 Å². The average Bonchev–Trinajstić information content (AvgIpc) is 2.65. The van der Waals surface area contributed by atoms with E-state index in [0.29, 0.717) is 22.3 Å². The number of hydrogen-bond donors (Lipinski definition) is 2. The van der Waals surface area contributed by atoms with Crippen molar-refractivity contribution in [3.05, 3.63) is 64.2 Å². The van der Waals surface area contributed by atoms with Crippen molar-refractivity contribution >= 4 is 52.3 Å². The van der Waals surface area contributed by atoms with Gasteiger partial charge in [0.25, 0.3) is 0 Å². The molecule has 0 bridgehead atoms. The van der Waals surface area contributed by atoms with Crippen LogP contribution in [0.2, 0.25) is 5.02 Å². The van der Waals surface area contributed by atoms with Crippen LogP contribution in [0.25, 0.3) is 0 Å². The summed E-state index contributed by atoms with van der Waals surface area (Å²) in [7, 11) is 0. The maximum absolute atomic E-state index is 11.8. The van der Waals surface area contributed by atoms with E-state index in [1.807, 2.05) is 11.8 Å².